The van der Waals surface area contributed by atoms with Crippen molar-refractivity contribution in [2.75, 3.05) is 0 Å². The van der Waals surface area contributed by atoms with Gasteiger partial charge in [-0.1, -0.05) is 50.6 Å². The number of benzene rings is 1. The molecule has 1 fully saturated rings. The molecule has 5 heteroatoms. The molecule has 1 aliphatic heterocycles. The molecular weight excluding hydrogens is 282 g/mol. The fourth-order valence-corrected chi connectivity index (χ4v) is 2.51. The first-order valence-electron chi connectivity index (χ1n) is 7.60. The van der Waals surface area contributed by atoms with E-state index in [1.54, 1.807) is 0 Å². The van der Waals surface area contributed by atoms with E-state index in [0.29, 0.717) is 17.2 Å². The summed E-state index contributed by atoms with van der Waals surface area (Å²) in [5, 5.41) is 0. The topological polar surface area (TPSA) is 63.7 Å². The maximum Gasteiger partial charge on any atom is 0.423 e. The van der Waals surface area contributed by atoms with Gasteiger partial charge in [0.2, 0.25) is 11.8 Å². The van der Waals surface area contributed by atoms with Gasteiger partial charge in [-0.05, 0) is 17.9 Å². The molecule has 2 rings (SSSR count). The zero-order valence-electron chi connectivity index (χ0n) is 13.0. The minimum atomic E-state index is -0.870. The number of rotatable bonds is 5. The van der Waals surface area contributed by atoms with Crippen molar-refractivity contribution >= 4 is 17.9 Å². The van der Waals surface area contributed by atoms with Crippen LogP contribution in [0.3, 0.4) is 0 Å². The Kier molecular flexibility index (Phi) is 5.31. The number of hydrogen-bond donors (Lipinski definition) is 0. The average molecular weight is 303 g/mol. The van der Waals surface area contributed by atoms with Crippen LogP contribution in [0.1, 0.15) is 38.7 Å². The smallest absolute Gasteiger partial charge is 0.423 e. The summed E-state index contributed by atoms with van der Waals surface area (Å²) in [5.74, 6) is -0.937. The minimum Gasteiger partial charge on any atom is -0.444 e. The molecule has 0 aliphatic carbocycles. The lowest BCUT2D eigenvalue weighted by Gasteiger charge is -2.15. The van der Waals surface area contributed by atoms with Crippen molar-refractivity contribution in [1.29, 1.82) is 0 Å². The summed E-state index contributed by atoms with van der Waals surface area (Å²) < 4.78 is 5.08. The van der Waals surface area contributed by atoms with Crippen LogP contribution < -0.4 is 0 Å². The highest BCUT2D eigenvalue weighted by molar-refractivity contribution is 6.14. The lowest BCUT2D eigenvalue weighted by atomic mass is 9.93. The van der Waals surface area contributed by atoms with Crippen LogP contribution in [0.2, 0.25) is 0 Å². The van der Waals surface area contributed by atoms with Crippen LogP contribution >= 0.6 is 0 Å². The Balaban J connectivity index is 1.94. The van der Waals surface area contributed by atoms with E-state index in [1.807, 2.05) is 44.2 Å². The molecule has 0 bridgehead atoms. The molecule has 118 valence electrons. The third kappa shape index (κ3) is 3.72. The normalized spacial score (nSPS) is 19.4. The molecule has 1 aromatic carbocycles. The number of amides is 3. The van der Waals surface area contributed by atoms with Gasteiger partial charge in [0.05, 0.1) is 0 Å². The third-order valence-corrected chi connectivity index (χ3v) is 4.01. The van der Waals surface area contributed by atoms with E-state index >= 15 is 0 Å². The molecule has 22 heavy (non-hydrogen) atoms. The highest BCUT2D eigenvalue weighted by atomic mass is 16.6. The van der Waals surface area contributed by atoms with Crippen molar-refractivity contribution in [3.05, 3.63) is 35.9 Å². The zero-order chi connectivity index (χ0) is 16.1. The molecule has 3 amide bonds. The number of carbonyl (C=O) groups is 3. The quantitative estimate of drug-likeness (QED) is 0.784. The first-order chi connectivity index (χ1) is 10.5. The Bertz CT molecular complexity index is 555. The van der Waals surface area contributed by atoms with Gasteiger partial charge < -0.3 is 4.74 Å². The summed E-state index contributed by atoms with van der Waals surface area (Å²) in [7, 11) is 0. The van der Waals surface area contributed by atoms with E-state index in [2.05, 4.69) is 0 Å². The molecule has 0 aromatic heterocycles. The number of imide groups is 3. The predicted molar refractivity (Wildman–Crippen MR) is 80.7 cm³/mol. The van der Waals surface area contributed by atoms with E-state index in [4.69, 9.17) is 4.74 Å². The van der Waals surface area contributed by atoms with Gasteiger partial charge in [0, 0.05) is 12.3 Å². The molecule has 0 N–H and O–H groups in total. The van der Waals surface area contributed by atoms with Crippen molar-refractivity contribution < 1.29 is 19.1 Å². The largest absolute Gasteiger partial charge is 0.444 e. The highest BCUT2D eigenvalue weighted by Gasteiger charge is 2.43. The maximum absolute atomic E-state index is 12.2. The van der Waals surface area contributed by atoms with Crippen LogP contribution in [0.15, 0.2) is 30.3 Å². The summed E-state index contributed by atoms with van der Waals surface area (Å²) in [5.41, 5.74) is 0.811. The van der Waals surface area contributed by atoms with Crippen molar-refractivity contribution in [3.8, 4) is 0 Å². The molecule has 5 nitrogen and oxygen atoms in total. The molecule has 0 saturated carbocycles. The SMILES string of the molecule is CCC(C)CC1CC(=O)N(C(=O)OCc2ccccc2)C1=O. The summed E-state index contributed by atoms with van der Waals surface area (Å²) in [6.07, 6.45) is 0.800. The Morgan fingerprint density at radius 1 is 1.32 bits per heavy atom. The van der Waals surface area contributed by atoms with Crippen LogP contribution in [0.25, 0.3) is 0 Å². The van der Waals surface area contributed by atoms with Crippen LogP contribution in [0, 0.1) is 11.8 Å². The highest BCUT2D eigenvalue weighted by Crippen LogP contribution is 2.27. The van der Waals surface area contributed by atoms with Crippen molar-refractivity contribution in [2.24, 2.45) is 11.8 Å². The summed E-state index contributed by atoms with van der Waals surface area (Å²) in [6.45, 7) is 4.12. The predicted octanol–water partition coefficient (Wildman–Crippen LogP) is 3.13. The number of hydrogen-bond acceptors (Lipinski definition) is 4. The van der Waals surface area contributed by atoms with Crippen LogP contribution in [0.5, 0.6) is 0 Å². The van der Waals surface area contributed by atoms with Crippen LogP contribution in [0.4, 0.5) is 4.79 Å². The average Bonchev–Trinajstić information content (AvgIpc) is 2.80. The van der Waals surface area contributed by atoms with Gasteiger partial charge in [-0.2, -0.15) is 4.90 Å². The van der Waals surface area contributed by atoms with Crippen molar-refractivity contribution in [2.45, 2.75) is 39.7 Å². The molecule has 0 radical (unpaired) electrons. The molecule has 1 aliphatic rings. The summed E-state index contributed by atoms with van der Waals surface area (Å²) in [6, 6.07) is 9.15. The van der Waals surface area contributed by atoms with Gasteiger partial charge in [-0.3, -0.25) is 9.59 Å². The van der Waals surface area contributed by atoms with Crippen LogP contribution in [-0.2, 0) is 20.9 Å². The Morgan fingerprint density at radius 3 is 2.64 bits per heavy atom. The van der Waals surface area contributed by atoms with E-state index in [1.165, 1.54) is 0 Å². The standard InChI is InChI=1S/C17H21NO4/c1-3-12(2)9-14-10-15(19)18(16(14)20)17(21)22-11-13-7-5-4-6-8-13/h4-8,12,14H,3,9-11H2,1-2H3. The van der Waals surface area contributed by atoms with E-state index in [-0.39, 0.29) is 13.0 Å². The van der Waals surface area contributed by atoms with Gasteiger partial charge >= 0.3 is 6.09 Å². The molecule has 1 saturated heterocycles. The molecule has 0 spiro atoms. The lowest BCUT2D eigenvalue weighted by Crippen LogP contribution is -2.37. The van der Waals surface area contributed by atoms with Crippen molar-refractivity contribution in [3.63, 3.8) is 0 Å². The first-order valence-corrected chi connectivity index (χ1v) is 7.60. The number of likely N-dealkylation sites (tertiary alicyclic amines) is 1. The van der Waals surface area contributed by atoms with Crippen LogP contribution in [-0.4, -0.2) is 22.8 Å². The molecular formula is C17H21NO4. The monoisotopic (exact) mass is 303 g/mol. The fraction of sp³-hybridized carbons (Fsp3) is 0.471. The first kappa shape index (κ1) is 16.2. The number of ether oxygens (including phenoxy) is 1. The van der Waals surface area contributed by atoms with E-state index in [9.17, 15) is 14.4 Å². The van der Waals surface area contributed by atoms with Gasteiger partial charge in [0.1, 0.15) is 6.61 Å². The fourth-order valence-electron chi connectivity index (χ4n) is 2.51. The summed E-state index contributed by atoms with van der Waals surface area (Å²) in [4.78, 5) is 36.8. The second-order valence-corrected chi connectivity index (χ2v) is 5.76. The zero-order valence-corrected chi connectivity index (χ0v) is 13.0. The minimum absolute atomic E-state index is 0.0484. The van der Waals surface area contributed by atoms with Gasteiger partial charge in [-0.15, -0.1) is 0 Å². The lowest BCUT2D eigenvalue weighted by molar-refractivity contribution is -0.137. The molecule has 1 heterocycles. The Morgan fingerprint density at radius 2 is 2.00 bits per heavy atom. The molecule has 2 atom stereocenters. The number of carbonyl (C=O) groups excluding carboxylic acids is 3. The molecule has 1 aromatic rings. The van der Waals surface area contributed by atoms with E-state index < -0.39 is 23.8 Å². The molecule has 2 unspecified atom stereocenters. The Labute approximate surface area is 130 Å². The number of nitrogens with zero attached hydrogens (tertiary/aromatic N) is 1. The van der Waals surface area contributed by atoms with Crippen molar-refractivity contribution in [1.82, 2.24) is 4.90 Å². The summed E-state index contributed by atoms with van der Waals surface area (Å²) >= 11 is 0. The second-order valence-electron chi connectivity index (χ2n) is 5.76. The van der Waals surface area contributed by atoms with Gasteiger partial charge in [0.25, 0.3) is 0 Å². The second kappa shape index (κ2) is 7.20. The van der Waals surface area contributed by atoms with Gasteiger partial charge in [-0.25, -0.2) is 4.79 Å². The maximum atomic E-state index is 12.2. The Hall–Kier alpha value is -2.17. The van der Waals surface area contributed by atoms with E-state index in [0.717, 1.165) is 12.0 Å². The van der Waals surface area contributed by atoms with Gasteiger partial charge in [0.15, 0.2) is 0 Å². The third-order valence-electron chi connectivity index (χ3n) is 4.01.